The van der Waals surface area contributed by atoms with Crippen molar-refractivity contribution in [1.82, 2.24) is 0 Å². The minimum atomic E-state index is -0.432. The number of thiophene rings is 1. The summed E-state index contributed by atoms with van der Waals surface area (Å²) in [5.41, 5.74) is 0.876. The third kappa shape index (κ3) is 3.82. The van der Waals surface area contributed by atoms with Crippen molar-refractivity contribution in [3.8, 4) is 0 Å². The van der Waals surface area contributed by atoms with Gasteiger partial charge in [0.05, 0.1) is 5.60 Å². The fourth-order valence-corrected chi connectivity index (χ4v) is 3.93. The van der Waals surface area contributed by atoms with Gasteiger partial charge in [0.15, 0.2) is 0 Å². The Kier molecular flexibility index (Phi) is 4.26. The Morgan fingerprint density at radius 2 is 2.35 bits per heavy atom. The molecule has 2 unspecified atom stereocenters. The summed E-state index contributed by atoms with van der Waals surface area (Å²) in [7, 11) is 0. The lowest BCUT2D eigenvalue weighted by Gasteiger charge is -2.37. The van der Waals surface area contributed by atoms with Crippen LogP contribution in [-0.2, 0) is 6.42 Å². The van der Waals surface area contributed by atoms with Gasteiger partial charge in [-0.15, -0.1) is 0 Å². The molecule has 0 radical (unpaired) electrons. The van der Waals surface area contributed by atoms with Crippen molar-refractivity contribution >= 4 is 11.3 Å². The quantitative estimate of drug-likeness (QED) is 0.849. The third-order valence-electron chi connectivity index (χ3n) is 3.84. The molecule has 1 saturated carbocycles. The Bertz CT molecular complexity index is 331. The summed E-state index contributed by atoms with van der Waals surface area (Å²) in [5.74, 6) is 1.48. The highest BCUT2D eigenvalue weighted by atomic mass is 32.1. The van der Waals surface area contributed by atoms with Gasteiger partial charge in [0.2, 0.25) is 0 Å². The minimum Gasteiger partial charge on any atom is -0.390 e. The van der Waals surface area contributed by atoms with Gasteiger partial charge >= 0.3 is 0 Å². The van der Waals surface area contributed by atoms with Crippen LogP contribution >= 0.6 is 11.3 Å². The average Bonchev–Trinajstić information content (AvgIpc) is 2.68. The lowest BCUT2D eigenvalue weighted by Crippen LogP contribution is -2.37. The molecule has 2 rings (SSSR count). The van der Waals surface area contributed by atoms with E-state index in [1.807, 2.05) is 0 Å². The highest BCUT2D eigenvalue weighted by molar-refractivity contribution is 7.07. The van der Waals surface area contributed by atoms with E-state index in [1.54, 1.807) is 11.3 Å². The standard InChI is InChI=1S/C15H24OS/c1-12(2)8-13-4-3-6-15(16,9-13)10-14-5-7-17-11-14/h5,7,11-13,16H,3-4,6,8-10H2,1-2H3. The van der Waals surface area contributed by atoms with Crippen LogP contribution in [0.25, 0.3) is 0 Å². The van der Waals surface area contributed by atoms with Crippen LogP contribution in [0.4, 0.5) is 0 Å². The first-order chi connectivity index (χ1) is 8.07. The summed E-state index contributed by atoms with van der Waals surface area (Å²) in [6.45, 7) is 4.57. The molecule has 1 nitrogen and oxygen atoms in total. The zero-order chi connectivity index (χ0) is 12.3. The molecule has 0 saturated heterocycles. The maximum Gasteiger partial charge on any atom is 0.0690 e. The van der Waals surface area contributed by atoms with Gasteiger partial charge < -0.3 is 5.11 Å². The predicted molar refractivity (Wildman–Crippen MR) is 74.4 cm³/mol. The van der Waals surface area contributed by atoms with Gasteiger partial charge in [0, 0.05) is 6.42 Å². The monoisotopic (exact) mass is 252 g/mol. The fourth-order valence-electron chi connectivity index (χ4n) is 3.26. The molecular formula is C15H24OS. The smallest absolute Gasteiger partial charge is 0.0690 e. The molecule has 2 atom stereocenters. The first kappa shape index (κ1) is 13.1. The van der Waals surface area contributed by atoms with Crippen LogP contribution in [-0.4, -0.2) is 10.7 Å². The van der Waals surface area contributed by atoms with Crippen LogP contribution in [0.5, 0.6) is 0 Å². The number of hydrogen-bond donors (Lipinski definition) is 1. The SMILES string of the molecule is CC(C)CC1CCCC(O)(Cc2ccsc2)C1. The van der Waals surface area contributed by atoms with Gasteiger partial charge in [-0.2, -0.15) is 11.3 Å². The van der Waals surface area contributed by atoms with Crippen LogP contribution < -0.4 is 0 Å². The van der Waals surface area contributed by atoms with Crippen molar-refractivity contribution in [3.05, 3.63) is 22.4 Å². The summed E-state index contributed by atoms with van der Waals surface area (Å²) in [5, 5.41) is 15.0. The van der Waals surface area contributed by atoms with E-state index >= 15 is 0 Å². The highest BCUT2D eigenvalue weighted by Crippen LogP contribution is 2.37. The molecule has 1 aliphatic rings. The number of hydrogen-bond acceptors (Lipinski definition) is 2. The van der Waals surface area contributed by atoms with Gasteiger partial charge in [0.1, 0.15) is 0 Å². The summed E-state index contributed by atoms with van der Waals surface area (Å²) in [6, 6.07) is 2.15. The van der Waals surface area contributed by atoms with Gasteiger partial charge in [0.25, 0.3) is 0 Å². The topological polar surface area (TPSA) is 20.2 Å². The Labute approximate surface area is 109 Å². The maximum absolute atomic E-state index is 10.7. The minimum absolute atomic E-state index is 0.432. The second-order valence-corrected chi connectivity index (χ2v) is 6.90. The summed E-state index contributed by atoms with van der Waals surface area (Å²) in [4.78, 5) is 0. The molecule has 1 aromatic heterocycles. The van der Waals surface area contributed by atoms with E-state index in [9.17, 15) is 5.11 Å². The van der Waals surface area contributed by atoms with Crippen molar-refractivity contribution in [3.63, 3.8) is 0 Å². The molecule has 0 spiro atoms. The average molecular weight is 252 g/mol. The van der Waals surface area contributed by atoms with Crippen LogP contribution in [0.1, 0.15) is 51.5 Å². The highest BCUT2D eigenvalue weighted by Gasteiger charge is 2.34. The number of aliphatic hydroxyl groups is 1. The molecule has 17 heavy (non-hydrogen) atoms. The van der Waals surface area contributed by atoms with Gasteiger partial charge in [-0.1, -0.05) is 26.7 Å². The lowest BCUT2D eigenvalue weighted by molar-refractivity contribution is -0.0188. The maximum atomic E-state index is 10.7. The summed E-state index contributed by atoms with van der Waals surface area (Å²) < 4.78 is 0. The van der Waals surface area contributed by atoms with E-state index in [1.165, 1.54) is 24.8 Å². The van der Waals surface area contributed by atoms with Crippen LogP contribution in [0, 0.1) is 11.8 Å². The molecule has 0 amide bonds. The molecular weight excluding hydrogens is 228 g/mol. The Morgan fingerprint density at radius 1 is 1.53 bits per heavy atom. The summed E-state index contributed by atoms with van der Waals surface area (Å²) in [6.07, 6.45) is 6.61. The van der Waals surface area contributed by atoms with Crippen LogP contribution in [0.2, 0.25) is 0 Å². The van der Waals surface area contributed by atoms with Gasteiger partial charge in [-0.3, -0.25) is 0 Å². The van der Waals surface area contributed by atoms with E-state index in [-0.39, 0.29) is 0 Å². The Balaban J connectivity index is 1.94. The first-order valence-corrected chi connectivity index (χ1v) is 7.75. The van der Waals surface area contributed by atoms with E-state index in [0.717, 1.165) is 31.1 Å². The molecule has 1 fully saturated rings. The molecule has 1 N–H and O–H groups in total. The van der Waals surface area contributed by atoms with Crippen molar-refractivity contribution in [2.45, 2.75) is 58.0 Å². The number of rotatable bonds is 4. The van der Waals surface area contributed by atoms with Gasteiger partial charge in [-0.05, 0) is 53.5 Å². The van der Waals surface area contributed by atoms with Crippen molar-refractivity contribution in [1.29, 1.82) is 0 Å². The zero-order valence-electron chi connectivity index (χ0n) is 11.0. The Morgan fingerprint density at radius 3 is 3.00 bits per heavy atom. The normalized spacial score (nSPS) is 29.8. The Hall–Kier alpha value is -0.340. The van der Waals surface area contributed by atoms with Gasteiger partial charge in [-0.25, -0.2) is 0 Å². The van der Waals surface area contributed by atoms with Crippen LogP contribution in [0.15, 0.2) is 16.8 Å². The summed E-state index contributed by atoms with van der Waals surface area (Å²) >= 11 is 1.73. The second-order valence-electron chi connectivity index (χ2n) is 6.12. The molecule has 1 heterocycles. The predicted octanol–water partition coefficient (Wildman–Crippen LogP) is 4.26. The molecule has 0 aromatic carbocycles. The van der Waals surface area contributed by atoms with Crippen molar-refractivity contribution < 1.29 is 5.11 Å². The largest absolute Gasteiger partial charge is 0.390 e. The molecule has 0 bridgehead atoms. The lowest BCUT2D eigenvalue weighted by atomic mass is 9.73. The third-order valence-corrected chi connectivity index (χ3v) is 4.57. The molecule has 0 aliphatic heterocycles. The molecule has 2 heteroatoms. The van der Waals surface area contributed by atoms with E-state index in [4.69, 9.17) is 0 Å². The van der Waals surface area contributed by atoms with Crippen LogP contribution in [0.3, 0.4) is 0 Å². The van der Waals surface area contributed by atoms with E-state index in [2.05, 4.69) is 30.7 Å². The second kappa shape index (κ2) is 5.53. The van der Waals surface area contributed by atoms with E-state index < -0.39 is 5.60 Å². The molecule has 1 aromatic rings. The molecule has 1 aliphatic carbocycles. The van der Waals surface area contributed by atoms with E-state index in [0.29, 0.717) is 0 Å². The zero-order valence-corrected chi connectivity index (χ0v) is 11.8. The molecule has 96 valence electrons. The van der Waals surface area contributed by atoms with Crippen molar-refractivity contribution in [2.75, 3.05) is 0 Å². The first-order valence-electron chi connectivity index (χ1n) is 6.81. The fraction of sp³-hybridized carbons (Fsp3) is 0.733. The van der Waals surface area contributed by atoms with Crippen molar-refractivity contribution in [2.24, 2.45) is 11.8 Å².